The molecule has 2 aromatic heterocycles. The number of nitrogens with zero attached hydrogens (tertiary/aromatic N) is 3. The van der Waals surface area contributed by atoms with E-state index in [-0.39, 0.29) is 0 Å². The van der Waals surface area contributed by atoms with E-state index in [1.807, 2.05) is 62.4 Å². The molecule has 0 spiro atoms. The third-order valence-electron chi connectivity index (χ3n) is 4.70. The van der Waals surface area contributed by atoms with Gasteiger partial charge in [-0.3, -0.25) is 0 Å². The molecule has 0 amide bonds. The molecule has 4 aromatic rings. The fourth-order valence-electron chi connectivity index (χ4n) is 3.34. The third-order valence-corrected chi connectivity index (χ3v) is 5.44. The molecule has 138 valence electrons. The van der Waals surface area contributed by atoms with Crippen molar-refractivity contribution in [2.24, 2.45) is 0 Å². The van der Waals surface area contributed by atoms with Crippen molar-refractivity contribution in [1.82, 2.24) is 14.5 Å². The number of H-pyrrole nitrogens is 1. The molecule has 0 radical (unpaired) electrons. The number of hydrogen-bond acceptors (Lipinski definition) is 2. The van der Waals surface area contributed by atoms with E-state index < -0.39 is 0 Å². The maximum atomic E-state index is 9.70. The zero-order valence-corrected chi connectivity index (χ0v) is 16.8. The van der Waals surface area contributed by atoms with E-state index >= 15 is 0 Å². The van der Waals surface area contributed by atoms with Crippen molar-refractivity contribution in [2.45, 2.75) is 13.8 Å². The molecule has 0 bridgehead atoms. The summed E-state index contributed by atoms with van der Waals surface area (Å²) in [5.74, 6) is 0.558. The van der Waals surface area contributed by atoms with Crippen LogP contribution in [0, 0.1) is 25.2 Å². The number of aromatic amines is 1. The van der Waals surface area contributed by atoms with Crippen molar-refractivity contribution in [3.63, 3.8) is 0 Å². The first-order chi connectivity index (χ1) is 13.5. The van der Waals surface area contributed by atoms with Crippen molar-refractivity contribution in [3.8, 4) is 11.8 Å². The highest BCUT2D eigenvalue weighted by molar-refractivity contribution is 6.42. The number of fused-ring (bicyclic) bond motifs is 1. The lowest BCUT2D eigenvalue weighted by Gasteiger charge is -2.10. The average molecular weight is 407 g/mol. The van der Waals surface area contributed by atoms with Gasteiger partial charge in [-0.15, -0.1) is 0 Å². The van der Waals surface area contributed by atoms with Crippen LogP contribution in [0.1, 0.15) is 22.8 Å². The van der Waals surface area contributed by atoms with Crippen LogP contribution in [0.15, 0.2) is 48.5 Å². The SMILES string of the molecule is Cc1cc(/C=C(\C#N)c2nc3ccccc3[nH]2)c(C)n1-c1ccc(Cl)c(Cl)c1. The molecular formula is C22H16Cl2N4. The monoisotopic (exact) mass is 406 g/mol. The predicted octanol–water partition coefficient (Wildman–Crippen LogP) is 6.34. The summed E-state index contributed by atoms with van der Waals surface area (Å²) in [4.78, 5) is 7.75. The Kier molecular flexibility index (Phi) is 4.72. The summed E-state index contributed by atoms with van der Waals surface area (Å²) in [6.07, 6.45) is 1.86. The second-order valence-corrected chi connectivity index (χ2v) is 7.35. The lowest BCUT2D eigenvalue weighted by Crippen LogP contribution is -1.99. The minimum absolute atomic E-state index is 0.477. The molecular weight excluding hydrogens is 391 g/mol. The molecule has 0 saturated heterocycles. The largest absolute Gasteiger partial charge is 0.337 e. The number of hydrogen-bond donors (Lipinski definition) is 1. The first-order valence-corrected chi connectivity index (χ1v) is 9.45. The van der Waals surface area contributed by atoms with Gasteiger partial charge in [0.25, 0.3) is 0 Å². The smallest absolute Gasteiger partial charge is 0.149 e. The number of rotatable bonds is 3. The van der Waals surface area contributed by atoms with E-state index in [9.17, 15) is 5.26 Å². The lowest BCUT2D eigenvalue weighted by atomic mass is 10.1. The van der Waals surface area contributed by atoms with Crippen LogP contribution in [0.2, 0.25) is 10.0 Å². The van der Waals surface area contributed by atoms with Gasteiger partial charge in [0.05, 0.1) is 26.7 Å². The van der Waals surface area contributed by atoms with Crippen LogP contribution in [0.25, 0.3) is 28.4 Å². The van der Waals surface area contributed by atoms with Crippen molar-refractivity contribution in [2.75, 3.05) is 0 Å². The van der Waals surface area contributed by atoms with E-state index in [0.29, 0.717) is 21.4 Å². The quantitative estimate of drug-likeness (QED) is 0.403. The number of benzene rings is 2. The molecule has 2 heterocycles. The van der Waals surface area contributed by atoms with Gasteiger partial charge >= 0.3 is 0 Å². The first kappa shape index (κ1) is 18.4. The van der Waals surface area contributed by atoms with Gasteiger partial charge in [-0.2, -0.15) is 5.26 Å². The Morgan fingerprint density at radius 2 is 1.89 bits per heavy atom. The number of nitrogens with one attached hydrogen (secondary N) is 1. The standard InChI is InChI=1S/C22H16Cl2N4/c1-13-9-15(14(2)28(13)17-7-8-18(23)19(24)11-17)10-16(12-25)22-26-20-5-3-4-6-21(20)27-22/h3-11H,1-2H3,(H,26,27)/b16-10+. The van der Waals surface area contributed by atoms with Crippen molar-refractivity contribution in [3.05, 3.63) is 81.4 Å². The van der Waals surface area contributed by atoms with Crippen LogP contribution in [0.3, 0.4) is 0 Å². The Morgan fingerprint density at radius 3 is 2.61 bits per heavy atom. The van der Waals surface area contributed by atoms with Crippen LogP contribution < -0.4 is 0 Å². The van der Waals surface area contributed by atoms with Gasteiger partial charge in [0, 0.05) is 17.1 Å². The summed E-state index contributed by atoms with van der Waals surface area (Å²) < 4.78 is 2.08. The molecule has 0 aliphatic carbocycles. The summed E-state index contributed by atoms with van der Waals surface area (Å²) >= 11 is 12.2. The first-order valence-electron chi connectivity index (χ1n) is 8.69. The van der Waals surface area contributed by atoms with Crippen LogP contribution in [-0.4, -0.2) is 14.5 Å². The van der Waals surface area contributed by atoms with Gasteiger partial charge in [-0.25, -0.2) is 4.98 Å². The number of aryl methyl sites for hydroxylation is 1. The van der Waals surface area contributed by atoms with Gasteiger partial charge in [-0.05, 0) is 61.9 Å². The average Bonchev–Trinajstić information content (AvgIpc) is 3.23. The Hall–Kier alpha value is -3.00. The van der Waals surface area contributed by atoms with E-state index in [1.54, 1.807) is 6.07 Å². The number of para-hydroxylation sites is 2. The molecule has 0 unspecified atom stereocenters. The van der Waals surface area contributed by atoms with E-state index in [2.05, 4.69) is 20.6 Å². The Bertz CT molecular complexity index is 1240. The van der Waals surface area contributed by atoms with Gasteiger partial charge in [-0.1, -0.05) is 35.3 Å². The summed E-state index contributed by atoms with van der Waals surface area (Å²) in [6, 6.07) is 17.6. The van der Waals surface area contributed by atoms with Crippen molar-refractivity contribution >= 4 is 45.9 Å². The van der Waals surface area contributed by atoms with Crippen LogP contribution in [0.4, 0.5) is 0 Å². The van der Waals surface area contributed by atoms with Gasteiger partial charge < -0.3 is 9.55 Å². The molecule has 0 fully saturated rings. The van der Waals surface area contributed by atoms with Crippen LogP contribution in [-0.2, 0) is 0 Å². The Morgan fingerprint density at radius 1 is 1.11 bits per heavy atom. The minimum atomic E-state index is 0.477. The molecule has 0 saturated carbocycles. The fraction of sp³-hybridized carbons (Fsp3) is 0.0909. The lowest BCUT2D eigenvalue weighted by molar-refractivity contribution is 0.965. The molecule has 6 heteroatoms. The summed E-state index contributed by atoms with van der Waals surface area (Å²) in [5.41, 5.74) is 6.11. The van der Waals surface area contributed by atoms with E-state index in [1.165, 1.54) is 0 Å². The molecule has 0 atom stereocenters. The second kappa shape index (κ2) is 7.20. The molecule has 4 nitrogen and oxygen atoms in total. The van der Waals surface area contributed by atoms with Gasteiger partial charge in [0.15, 0.2) is 0 Å². The molecule has 2 aromatic carbocycles. The molecule has 28 heavy (non-hydrogen) atoms. The predicted molar refractivity (Wildman–Crippen MR) is 115 cm³/mol. The summed E-state index contributed by atoms with van der Waals surface area (Å²) in [6.45, 7) is 4.02. The molecule has 4 rings (SSSR count). The summed E-state index contributed by atoms with van der Waals surface area (Å²) in [7, 11) is 0. The Labute approximate surface area is 172 Å². The highest BCUT2D eigenvalue weighted by Gasteiger charge is 2.13. The maximum Gasteiger partial charge on any atom is 0.149 e. The fourth-order valence-corrected chi connectivity index (χ4v) is 3.64. The molecule has 0 aliphatic heterocycles. The van der Waals surface area contributed by atoms with E-state index in [0.717, 1.165) is 33.7 Å². The normalized spacial score (nSPS) is 11.8. The zero-order chi connectivity index (χ0) is 19.8. The number of aromatic nitrogens is 3. The van der Waals surface area contributed by atoms with Gasteiger partial charge in [0.1, 0.15) is 11.9 Å². The van der Waals surface area contributed by atoms with Gasteiger partial charge in [0.2, 0.25) is 0 Å². The zero-order valence-electron chi connectivity index (χ0n) is 15.3. The van der Waals surface area contributed by atoms with Crippen LogP contribution >= 0.6 is 23.2 Å². The third kappa shape index (κ3) is 3.20. The van der Waals surface area contributed by atoms with Crippen molar-refractivity contribution < 1.29 is 0 Å². The molecule has 0 aliphatic rings. The van der Waals surface area contributed by atoms with E-state index in [4.69, 9.17) is 23.2 Å². The highest BCUT2D eigenvalue weighted by Crippen LogP contribution is 2.29. The topological polar surface area (TPSA) is 57.4 Å². The maximum absolute atomic E-state index is 9.70. The number of allylic oxidation sites excluding steroid dienone is 1. The number of imidazole rings is 1. The summed E-state index contributed by atoms with van der Waals surface area (Å²) in [5, 5.41) is 10.7. The minimum Gasteiger partial charge on any atom is -0.337 e. The van der Waals surface area contributed by atoms with Crippen molar-refractivity contribution in [1.29, 1.82) is 5.26 Å². The second-order valence-electron chi connectivity index (χ2n) is 6.53. The van der Waals surface area contributed by atoms with Crippen LogP contribution in [0.5, 0.6) is 0 Å². The number of nitriles is 1. The Balaban J connectivity index is 1.80. The number of halogens is 2. The highest BCUT2D eigenvalue weighted by atomic mass is 35.5. The molecule has 1 N–H and O–H groups in total.